The van der Waals surface area contributed by atoms with Crippen LogP contribution >= 0.6 is 0 Å². The third-order valence-corrected chi connectivity index (χ3v) is 5.31. The van der Waals surface area contributed by atoms with E-state index in [0.29, 0.717) is 11.9 Å². The first-order valence-corrected chi connectivity index (χ1v) is 7.55. The minimum absolute atomic E-state index is 0.310. The Morgan fingerprint density at radius 3 is 2.18 bits per heavy atom. The van der Waals surface area contributed by atoms with Crippen molar-refractivity contribution in [3.05, 3.63) is 0 Å². The summed E-state index contributed by atoms with van der Waals surface area (Å²) >= 11 is 0. The molecule has 0 atom stereocenters. The Morgan fingerprint density at radius 2 is 1.65 bits per heavy atom. The van der Waals surface area contributed by atoms with Gasteiger partial charge in [0.05, 0.1) is 0 Å². The third-order valence-electron chi connectivity index (χ3n) is 5.31. The van der Waals surface area contributed by atoms with Crippen molar-refractivity contribution in [3.63, 3.8) is 0 Å². The van der Waals surface area contributed by atoms with Crippen molar-refractivity contribution in [1.82, 2.24) is 5.32 Å². The lowest BCUT2D eigenvalue weighted by Gasteiger charge is -2.54. The molecule has 4 fully saturated rings. The second-order valence-corrected chi connectivity index (χ2v) is 6.63. The summed E-state index contributed by atoms with van der Waals surface area (Å²) in [5, 5.41) is 3.36. The zero-order chi connectivity index (χ0) is 11.8. The zero-order valence-corrected chi connectivity index (χ0v) is 11.0. The van der Waals surface area contributed by atoms with Crippen LogP contribution in [0.5, 0.6) is 0 Å². The van der Waals surface area contributed by atoms with Gasteiger partial charge < -0.3 is 5.32 Å². The Hall–Kier alpha value is -0.530. The van der Waals surface area contributed by atoms with E-state index in [9.17, 15) is 4.79 Å². The van der Waals surface area contributed by atoms with Crippen LogP contribution in [0, 0.1) is 23.7 Å². The molecule has 2 heteroatoms. The van der Waals surface area contributed by atoms with Crippen LogP contribution in [-0.4, -0.2) is 11.9 Å². The number of nitrogens with one attached hydrogen (secondary N) is 1. The normalized spacial score (nSPS) is 42.8. The smallest absolute Gasteiger partial charge is 0.220 e. The van der Waals surface area contributed by atoms with Crippen LogP contribution in [0.25, 0.3) is 0 Å². The number of carbonyl (C=O) groups is 1. The third kappa shape index (κ3) is 2.23. The number of unbranched alkanes of at least 4 members (excludes halogenated alkanes) is 1. The zero-order valence-electron chi connectivity index (χ0n) is 11.0. The minimum Gasteiger partial charge on any atom is -0.353 e. The molecule has 4 saturated carbocycles. The van der Waals surface area contributed by atoms with Gasteiger partial charge in [-0.1, -0.05) is 13.3 Å². The van der Waals surface area contributed by atoms with Gasteiger partial charge in [-0.15, -0.1) is 0 Å². The molecule has 4 aliphatic rings. The predicted octanol–water partition coefficient (Wildman–Crippen LogP) is 3.12. The highest BCUT2D eigenvalue weighted by atomic mass is 16.1. The van der Waals surface area contributed by atoms with Gasteiger partial charge in [-0.05, 0) is 62.2 Å². The molecule has 0 aromatic carbocycles. The summed E-state index contributed by atoms with van der Waals surface area (Å²) in [4.78, 5) is 11.9. The van der Waals surface area contributed by atoms with E-state index >= 15 is 0 Å². The van der Waals surface area contributed by atoms with Gasteiger partial charge >= 0.3 is 0 Å². The lowest BCUT2D eigenvalue weighted by molar-refractivity contribution is -0.125. The fourth-order valence-corrected chi connectivity index (χ4v) is 4.76. The molecule has 0 heterocycles. The molecular weight excluding hydrogens is 210 g/mol. The van der Waals surface area contributed by atoms with Crippen molar-refractivity contribution in [2.45, 2.75) is 64.3 Å². The first kappa shape index (κ1) is 11.6. The van der Waals surface area contributed by atoms with Crippen LogP contribution in [0.2, 0.25) is 0 Å². The quantitative estimate of drug-likeness (QED) is 0.797. The van der Waals surface area contributed by atoms with Crippen molar-refractivity contribution < 1.29 is 4.79 Å². The minimum atomic E-state index is 0.310. The van der Waals surface area contributed by atoms with E-state index in [4.69, 9.17) is 0 Å². The summed E-state index contributed by atoms with van der Waals surface area (Å²) in [5.74, 6) is 3.94. The van der Waals surface area contributed by atoms with Crippen LogP contribution in [-0.2, 0) is 4.79 Å². The van der Waals surface area contributed by atoms with Crippen molar-refractivity contribution in [2.24, 2.45) is 23.7 Å². The Morgan fingerprint density at radius 1 is 1.06 bits per heavy atom. The largest absolute Gasteiger partial charge is 0.353 e. The van der Waals surface area contributed by atoms with Gasteiger partial charge in [0.25, 0.3) is 0 Å². The first-order valence-electron chi connectivity index (χ1n) is 7.55. The van der Waals surface area contributed by atoms with Gasteiger partial charge in [0.15, 0.2) is 0 Å². The summed E-state index contributed by atoms with van der Waals surface area (Å²) in [7, 11) is 0. The van der Waals surface area contributed by atoms with Crippen LogP contribution in [0.3, 0.4) is 0 Å². The molecular formula is C15H25NO. The SMILES string of the molecule is CCCCC(=O)NC1C2CC3CC(C2)CC1C3. The topological polar surface area (TPSA) is 29.1 Å². The lowest BCUT2D eigenvalue weighted by Crippen LogP contribution is -2.55. The summed E-state index contributed by atoms with van der Waals surface area (Å²) < 4.78 is 0. The highest BCUT2D eigenvalue weighted by molar-refractivity contribution is 5.76. The van der Waals surface area contributed by atoms with Gasteiger partial charge in [-0.3, -0.25) is 4.79 Å². The molecule has 0 unspecified atom stereocenters. The maximum Gasteiger partial charge on any atom is 0.220 e. The molecule has 1 N–H and O–H groups in total. The molecule has 4 rings (SSSR count). The Labute approximate surface area is 105 Å². The van der Waals surface area contributed by atoms with Crippen molar-refractivity contribution in [1.29, 1.82) is 0 Å². The molecule has 0 saturated heterocycles. The van der Waals surface area contributed by atoms with E-state index in [2.05, 4.69) is 12.2 Å². The predicted molar refractivity (Wildman–Crippen MR) is 68.5 cm³/mol. The van der Waals surface area contributed by atoms with E-state index in [1.165, 1.54) is 32.1 Å². The van der Waals surface area contributed by atoms with Gasteiger partial charge in [-0.25, -0.2) is 0 Å². The summed E-state index contributed by atoms with van der Waals surface area (Å²) in [6.45, 7) is 2.15. The summed E-state index contributed by atoms with van der Waals surface area (Å²) in [5.41, 5.74) is 0. The summed E-state index contributed by atoms with van der Waals surface area (Å²) in [6.07, 6.45) is 9.96. The fourth-order valence-electron chi connectivity index (χ4n) is 4.76. The van der Waals surface area contributed by atoms with Crippen molar-refractivity contribution in [2.75, 3.05) is 0 Å². The number of hydrogen-bond donors (Lipinski definition) is 1. The molecule has 1 amide bonds. The van der Waals surface area contributed by atoms with Crippen molar-refractivity contribution >= 4 is 5.91 Å². The first-order chi connectivity index (χ1) is 8.26. The molecule has 2 nitrogen and oxygen atoms in total. The van der Waals surface area contributed by atoms with Crippen molar-refractivity contribution in [3.8, 4) is 0 Å². The second-order valence-electron chi connectivity index (χ2n) is 6.63. The molecule has 0 spiro atoms. The van der Waals surface area contributed by atoms with E-state index in [-0.39, 0.29) is 0 Å². The second kappa shape index (κ2) is 4.62. The maximum atomic E-state index is 11.9. The van der Waals surface area contributed by atoms with Gasteiger partial charge in [0, 0.05) is 12.5 Å². The molecule has 0 aromatic rings. The molecule has 0 aromatic heterocycles. The monoisotopic (exact) mass is 235 g/mol. The molecule has 17 heavy (non-hydrogen) atoms. The maximum absolute atomic E-state index is 11.9. The summed E-state index contributed by atoms with van der Waals surface area (Å²) in [6, 6.07) is 0.534. The van der Waals surface area contributed by atoms with Crippen LogP contribution in [0.15, 0.2) is 0 Å². The van der Waals surface area contributed by atoms with Crippen LogP contribution < -0.4 is 5.32 Å². The Balaban J connectivity index is 1.58. The Kier molecular flexibility index (Phi) is 3.14. The fraction of sp³-hybridized carbons (Fsp3) is 0.933. The van der Waals surface area contributed by atoms with Crippen LogP contribution in [0.4, 0.5) is 0 Å². The molecule has 0 radical (unpaired) electrons. The highest BCUT2D eigenvalue weighted by Gasteiger charge is 2.48. The number of amides is 1. The molecule has 4 bridgehead atoms. The van der Waals surface area contributed by atoms with Gasteiger partial charge in [0.1, 0.15) is 0 Å². The lowest BCUT2D eigenvalue weighted by atomic mass is 9.54. The molecule has 4 aliphatic carbocycles. The number of rotatable bonds is 4. The average molecular weight is 235 g/mol. The van der Waals surface area contributed by atoms with E-state index < -0.39 is 0 Å². The van der Waals surface area contributed by atoms with Crippen LogP contribution in [0.1, 0.15) is 58.3 Å². The molecule has 96 valence electrons. The van der Waals surface area contributed by atoms with Gasteiger partial charge in [0.2, 0.25) is 5.91 Å². The highest BCUT2D eigenvalue weighted by Crippen LogP contribution is 2.53. The van der Waals surface area contributed by atoms with E-state index in [1.807, 2.05) is 0 Å². The average Bonchev–Trinajstić information content (AvgIpc) is 2.30. The number of carbonyl (C=O) groups excluding carboxylic acids is 1. The van der Waals surface area contributed by atoms with E-state index in [1.54, 1.807) is 0 Å². The van der Waals surface area contributed by atoms with Gasteiger partial charge in [-0.2, -0.15) is 0 Å². The Bertz CT molecular complexity index is 271. The molecule has 0 aliphatic heterocycles. The van der Waals surface area contributed by atoms with E-state index in [0.717, 1.165) is 42.9 Å². The number of hydrogen-bond acceptors (Lipinski definition) is 1. The standard InChI is InChI=1S/C15H25NO/c1-2-3-4-14(17)16-15-12-6-10-5-11(8-12)9-13(15)7-10/h10-13,15H,2-9H2,1H3,(H,16,17).